The van der Waals surface area contributed by atoms with Crippen molar-refractivity contribution in [1.82, 2.24) is 25.0 Å². The normalized spacial score (nSPS) is 19.2. The lowest BCUT2D eigenvalue weighted by molar-refractivity contribution is 0.0919. The lowest BCUT2D eigenvalue weighted by Crippen LogP contribution is -2.43. The number of piperazine rings is 1. The van der Waals surface area contributed by atoms with Crippen molar-refractivity contribution in [2.24, 2.45) is 0 Å². The number of carbonyl (C=O) groups is 2. The van der Waals surface area contributed by atoms with Crippen molar-refractivity contribution in [2.75, 3.05) is 45.5 Å². The van der Waals surface area contributed by atoms with Gasteiger partial charge in [-0.05, 0) is 53.4 Å². The largest absolute Gasteiger partial charge is 0.465 e. The predicted octanol–water partition coefficient (Wildman–Crippen LogP) is 4.97. The second-order valence-electron chi connectivity index (χ2n) is 11.7. The van der Waals surface area contributed by atoms with E-state index in [4.69, 9.17) is 5.73 Å². The number of hydrogen-bond donors (Lipinski definition) is 3. The molecule has 2 fully saturated rings. The van der Waals surface area contributed by atoms with Crippen LogP contribution in [0.25, 0.3) is 22.3 Å². The Bertz CT molecular complexity index is 1620. The monoisotopic (exact) mass is 590 g/mol. The summed E-state index contributed by atoms with van der Waals surface area (Å²) in [5, 5.41) is 13.1. The molecular weight excluding hydrogens is 552 g/mol. The van der Waals surface area contributed by atoms with Crippen molar-refractivity contribution in [2.45, 2.75) is 25.0 Å². The van der Waals surface area contributed by atoms with E-state index in [1.165, 1.54) is 10.5 Å². The van der Waals surface area contributed by atoms with E-state index in [2.05, 4.69) is 51.4 Å². The number of rotatable bonds is 7. The molecule has 6 rings (SSSR count). The Hall–Kier alpha value is -4.73. The smallest absolute Gasteiger partial charge is 0.407 e. The van der Waals surface area contributed by atoms with Gasteiger partial charge in [0.1, 0.15) is 5.82 Å². The van der Waals surface area contributed by atoms with Gasteiger partial charge in [0.15, 0.2) is 0 Å². The molecule has 226 valence electrons. The third-order valence-electron chi connectivity index (χ3n) is 8.75. The van der Waals surface area contributed by atoms with Crippen molar-refractivity contribution < 1.29 is 14.7 Å². The van der Waals surface area contributed by atoms with Crippen LogP contribution in [0.2, 0.25) is 0 Å². The number of nitrogens with zero attached hydrogens (tertiary/aromatic N) is 4. The molecule has 44 heavy (non-hydrogen) atoms. The molecule has 2 amide bonds. The highest BCUT2D eigenvalue weighted by atomic mass is 16.4. The van der Waals surface area contributed by atoms with Crippen LogP contribution in [0.3, 0.4) is 0 Å². The molecule has 9 nitrogen and oxygen atoms in total. The molecule has 2 atom stereocenters. The second kappa shape index (κ2) is 12.9. The summed E-state index contributed by atoms with van der Waals surface area (Å²) in [7, 11) is 2.16. The molecule has 0 radical (unpaired) electrons. The van der Waals surface area contributed by atoms with Crippen LogP contribution in [0, 0.1) is 0 Å². The van der Waals surface area contributed by atoms with Crippen LogP contribution in [0.4, 0.5) is 10.6 Å². The Morgan fingerprint density at radius 3 is 2.30 bits per heavy atom. The average molecular weight is 591 g/mol. The Morgan fingerprint density at radius 1 is 0.864 bits per heavy atom. The number of aromatic nitrogens is 1. The number of hydrogen-bond acceptors (Lipinski definition) is 6. The third-order valence-corrected chi connectivity index (χ3v) is 8.75. The van der Waals surface area contributed by atoms with Gasteiger partial charge in [-0.1, -0.05) is 72.8 Å². The third kappa shape index (κ3) is 6.44. The van der Waals surface area contributed by atoms with Gasteiger partial charge in [-0.15, -0.1) is 0 Å². The van der Waals surface area contributed by atoms with Crippen LogP contribution in [-0.2, 0) is 6.54 Å². The number of likely N-dealkylation sites (N-methyl/N-ethyl adjacent to an activating group) is 1. The van der Waals surface area contributed by atoms with Crippen LogP contribution in [0.5, 0.6) is 0 Å². The molecule has 2 aliphatic rings. The van der Waals surface area contributed by atoms with Crippen molar-refractivity contribution in [3.8, 4) is 22.3 Å². The molecule has 4 aromatic rings. The minimum absolute atomic E-state index is 0.133. The maximum atomic E-state index is 13.6. The summed E-state index contributed by atoms with van der Waals surface area (Å²) in [6.07, 6.45) is 1.15. The molecule has 0 aliphatic carbocycles. The van der Waals surface area contributed by atoms with Gasteiger partial charge in [0.05, 0.1) is 17.6 Å². The molecule has 3 aromatic carbocycles. The van der Waals surface area contributed by atoms with Gasteiger partial charge in [-0.2, -0.15) is 0 Å². The summed E-state index contributed by atoms with van der Waals surface area (Å²) < 4.78 is 0. The molecule has 9 heteroatoms. The molecule has 0 spiro atoms. The van der Waals surface area contributed by atoms with E-state index in [-0.39, 0.29) is 17.3 Å². The number of carboxylic acid groups (broad SMARTS) is 1. The molecule has 0 saturated carbocycles. The lowest BCUT2D eigenvalue weighted by Gasteiger charge is -2.32. The zero-order valence-electron chi connectivity index (χ0n) is 24.9. The van der Waals surface area contributed by atoms with Gasteiger partial charge >= 0.3 is 6.09 Å². The van der Waals surface area contributed by atoms with Crippen molar-refractivity contribution >= 4 is 17.8 Å². The number of amides is 2. The standard InChI is InChI=1S/C35H38N6O3/c1-39-16-18-40(19-17-39)23-24-10-12-26(13-11-24)29-21-30(33(36)37-22-29)34(42)38-31-14-15-41(35(43)44)32(31)28-9-5-8-27(20-28)25-6-3-2-4-7-25/h2-13,20-22,31-32H,14-19,23H2,1H3,(H2,36,37)(H,38,42)(H,43,44). The number of nitrogen functional groups attached to an aromatic ring is 1. The Balaban J connectivity index is 1.20. The van der Waals surface area contributed by atoms with Crippen LogP contribution in [0.1, 0.15) is 33.9 Å². The first-order chi connectivity index (χ1) is 21.4. The number of benzene rings is 3. The minimum atomic E-state index is -1.02. The lowest BCUT2D eigenvalue weighted by atomic mass is 9.95. The van der Waals surface area contributed by atoms with E-state index < -0.39 is 18.2 Å². The summed E-state index contributed by atoms with van der Waals surface area (Å²) in [6, 6.07) is 26.9. The molecule has 2 saturated heterocycles. The number of carbonyl (C=O) groups excluding carboxylic acids is 1. The maximum absolute atomic E-state index is 13.6. The van der Waals surface area contributed by atoms with Gasteiger partial charge in [0, 0.05) is 51.0 Å². The van der Waals surface area contributed by atoms with Crippen LogP contribution in [-0.4, -0.2) is 82.6 Å². The fourth-order valence-electron chi connectivity index (χ4n) is 6.23. The Labute approximate surface area is 257 Å². The fraction of sp³-hybridized carbons (Fsp3) is 0.286. The number of likely N-dealkylation sites (tertiary alicyclic amines) is 1. The van der Waals surface area contributed by atoms with Crippen LogP contribution >= 0.6 is 0 Å². The van der Waals surface area contributed by atoms with Gasteiger partial charge in [0.25, 0.3) is 5.91 Å². The van der Waals surface area contributed by atoms with E-state index >= 15 is 0 Å². The average Bonchev–Trinajstić information content (AvgIpc) is 3.47. The first kappa shape index (κ1) is 29.3. The van der Waals surface area contributed by atoms with Crippen molar-refractivity contribution in [1.29, 1.82) is 0 Å². The molecule has 1 aromatic heterocycles. The summed E-state index contributed by atoms with van der Waals surface area (Å²) in [5.41, 5.74) is 12.3. The number of pyridine rings is 1. The predicted molar refractivity (Wildman–Crippen MR) is 172 cm³/mol. The van der Waals surface area contributed by atoms with E-state index in [9.17, 15) is 14.7 Å². The number of nitrogens with two attached hydrogens (primary N) is 1. The van der Waals surface area contributed by atoms with E-state index in [1.807, 2.05) is 54.6 Å². The van der Waals surface area contributed by atoms with Crippen molar-refractivity contribution in [3.05, 3.63) is 108 Å². The summed E-state index contributed by atoms with van der Waals surface area (Å²) in [4.78, 5) is 36.4. The summed E-state index contributed by atoms with van der Waals surface area (Å²) in [5.74, 6) is -0.237. The number of anilines is 1. The maximum Gasteiger partial charge on any atom is 0.407 e. The number of nitrogens with one attached hydrogen (secondary N) is 1. The zero-order valence-corrected chi connectivity index (χ0v) is 24.9. The highest BCUT2D eigenvalue weighted by Gasteiger charge is 2.39. The van der Waals surface area contributed by atoms with E-state index in [0.717, 1.165) is 60.5 Å². The molecule has 3 heterocycles. The van der Waals surface area contributed by atoms with Gasteiger partial charge in [-0.25, -0.2) is 9.78 Å². The molecule has 2 unspecified atom stereocenters. The van der Waals surface area contributed by atoms with Crippen LogP contribution in [0.15, 0.2) is 91.1 Å². The van der Waals surface area contributed by atoms with E-state index in [0.29, 0.717) is 13.0 Å². The molecule has 2 aliphatic heterocycles. The first-order valence-corrected chi connectivity index (χ1v) is 15.1. The molecule has 4 N–H and O–H groups in total. The van der Waals surface area contributed by atoms with Gasteiger partial charge in [-0.3, -0.25) is 14.6 Å². The zero-order chi connectivity index (χ0) is 30.6. The van der Waals surface area contributed by atoms with Gasteiger partial charge < -0.3 is 21.1 Å². The fourth-order valence-corrected chi connectivity index (χ4v) is 6.23. The van der Waals surface area contributed by atoms with E-state index in [1.54, 1.807) is 12.3 Å². The Morgan fingerprint density at radius 2 is 1.57 bits per heavy atom. The van der Waals surface area contributed by atoms with Crippen molar-refractivity contribution in [3.63, 3.8) is 0 Å². The minimum Gasteiger partial charge on any atom is -0.465 e. The second-order valence-corrected chi connectivity index (χ2v) is 11.7. The van der Waals surface area contributed by atoms with Gasteiger partial charge in [0.2, 0.25) is 0 Å². The summed E-state index contributed by atoms with van der Waals surface area (Å²) >= 11 is 0. The summed E-state index contributed by atoms with van der Waals surface area (Å²) in [6.45, 7) is 5.50. The Kier molecular flexibility index (Phi) is 8.58. The topological polar surface area (TPSA) is 115 Å². The van der Waals surface area contributed by atoms with Crippen LogP contribution < -0.4 is 11.1 Å². The quantitative estimate of drug-likeness (QED) is 0.279. The SMILES string of the molecule is CN1CCN(Cc2ccc(-c3cnc(N)c(C(=O)NC4CCN(C(=O)O)C4c4cccc(-c5ccccc5)c4)c3)cc2)CC1. The molecule has 0 bridgehead atoms. The first-order valence-electron chi connectivity index (χ1n) is 15.1. The highest BCUT2D eigenvalue weighted by Crippen LogP contribution is 2.35. The molecular formula is C35H38N6O3. The highest BCUT2D eigenvalue weighted by molar-refractivity contribution is 5.99.